The van der Waals surface area contributed by atoms with E-state index in [9.17, 15) is 9.90 Å². The summed E-state index contributed by atoms with van der Waals surface area (Å²) < 4.78 is 5.73. The number of aromatic hydroxyl groups is 1. The highest BCUT2D eigenvalue weighted by atomic mass is 35.5. The second kappa shape index (κ2) is 7.05. The number of aliphatic hydroxyl groups excluding tert-OH is 1. The van der Waals surface area contributed by atoms with E-state index >= 15 is 0 Å². The number of rotatable bonds is 4. The predicted molar refractivity (Wildman–Crippen MR) is 85.8 cm³/mol. The summed E-state index contributed by atoms with van der Waals surface area (Å²) in [7, 11) is 0. The molecular weight excluding hydrogens is 320 g/mol. The first kappa shape index (κ1) is 16.5. The fraction of sp³-hybridized carbons (Fsp3) is 0.562. The van der Waals surface area contributed by atoms with Crippen molar-refractivity contribution in [3.63, 3.8) is 0 Å². The topological polar surface area (TPSA) is 82.0 Å². The van der Waals surface area contributed by atoms with Crippen molar-refractivity contribution < 1.29 is 19.7 Å². The lowest BCUT2D eigenvalue weighted by Gasteiger charge is -2.34. The summed E-state index contributed by atoms with van der Waals surface area (Å²) in [4.78, 5) is 14.6. The van der Waals surface area contributed by atoms with E-state index in [1.807, 2.05) is 0 Å². The number of carbonyl (C=O) groups excluding carboxylic acids is 1. The van der Waals surface area contributed by atoms with Crippen LogP contribution in [0, 0.1) is 0 Å². The average Bonchev–Trinajstić information content (AvgIpc) is 2.91. The maximum Gasteiger partial charge on any atom is 0.255 e. The van der Waals surface area contributed by atoms with Gasteiger partial charge in [-0.05, 0) is 31.0 Å². The summed E-state index contributed by atoms with van der Waals surface area (Å²) in [6.07, 6.45) is 1.51. The zero-order valence-corrected chi connectivity index (χ0v) is 13.5. The molecule has 3 atom stereocenters. The smallest absolute Gasteiger partial charge is 0.255 e. The quantitative estimate of drug-likeness (QED) is 0.762. The Morgan fingerprint density at radius 3 is 3.04 bits per heavy atom. The maximum atomic E-state index is 12.3. The molecule has 2 aliphatic heterocycles. The van der Waals surface area contributed by atoms with Crippen molar-refractivity contribution in [1.29, 1.82) is 0 Å². The summed E-state index contributed by atoms with van der Waals surface area (Å²) in [5.41, 5.74) is 0.191. The first-order chi connectivity index (χ1) is 11.1. The Bertz CT molecular complexity index is 583. The van der Waals surface area contributed by atoms with Gasteiger partial charge in [0.2, 0.25) is 0 Å². The molecule has 3 rings (SSSR count). The number of ether oxygens (including phenoxy) is 1. The minimum Gasteiger partial charge on any atom is -0.507 e. The Morgan fingerprint density at radius 2 is 2.26 bits per heavy atom. The zero-order valence-electron chi connectivity index (χ0n) is 12.7. The Labute approximate surface area is 140 Å². The van der Waals surface area contributed by atoms with Gasteiger partial charge in [0.05, 0.1) is 18.3 Å². The van der Waals surface area contributed by atoms with Crippen LogP contribution in [0.25, 0.3) is 0 Å². The van der Waals surface area contributed by atoms with E-state index in [1.165, 1.54) is 12.1 Å². The molecule has 0 aromatic heterocycles. The van der Waals surface area contributed by atoms with E-state index in [-0.39, 0.29) is 36.0 Å². The van der Waals surface area contributed by atoms with Crippen LogP contribution < -0.4 is 5.32 Å². The van der Waals surface area contributed by atoms with Gasteiger partial charge in [0.25, 0.3) is 5.91 Å². The molecule has 0 radical (unpaired) electrons. The molecule has 2 fully saturated rings. The van der Waals surface area contributed by atoms with Gasteiger partial charge in [-0.1, -0.05) is 11.6 Å². The lowest BCUT2D eigenvalue weighted by Crippen LogP contribution is -2.46. The summed E-state index contributed by atoms with van der Waals surface area (Å²) in [6.45, 7) is 2.28. The van der Waals surface area contributed by atoms with Crippen LogP contribution in [-0.4, -0.2) is 65.5 Å². The number of morpholine rings is 1. The van der Waals surface area contributed by atoms with Gasteiger partial charge in [-0.2, -0.15) is 0 Å². The van der Waals surface area contributed by atoms with E-state index in [2.05, 4.69) is 10.2 Å². The number of benzene rings is 1. The number of nitrogens with zero attached hydrogens (tertiary/aromatic N) is 1. The standard InChI is InChI=1S/C16H21ClN2O4/c17-10-1-2-15(21)14(5-10)16(22)18-11-6-12-9-23-13(3-4-20)8-19(12)7-11/h1-2,5,11-13,20-21H,3-4,6-9H2,(H,18,22)/t11-,12+,13+/m1/s1. The fourth-order valence-electron chi connectivity index (χ4n) is 3.32. The Balaban J connectivity index is 1.59. The molecule has 6 nitrogen and oxygen atoms in total. The molecule has 3 N–H and O–H groups in total. The summed E-state index contributed by atoms with van der Waals surface area (Å²) in [6, 6.07) is 4.74. The van der Waals surface area contributed by atoms with Crippen LogP contribution >= 0.6 is 11.6 Å². The van der Waals surface area contributed by atoms with Crippen molar-refractivity contribution in [2.75, 3.05) is 26.3 Å². The van der Waals surface area contributed by atoms with E-state index in [4.69, 9.17) is 21.4 Å². The van der Waals surface area contributed by atoms with Crippen molar-refractivity contribution in [1.82, 2.24) is 10.2 Å². The number of hydrogen-bond acceptors (Lipinski definition) is 5. The monoisotopic (exact) mass is 340 g/mol. The van der Waals surface area contributed by atoms with Crippen LogP contribution in [0.5, 0.6) is 5.75 Å². The zero-order chi connectivity index (χ0) is 16.4. The first-order valence-electron chi connectivity index (χ1n) is 7.82. The summed E-state index contributed by atoms with van der Waals surface area (Å²) >= 11 is 5.89. The van der Waals surface area contributed by atoms with E-state index in [0.29, 0.717) is 24.1 Å². The minimum atomic E-state index is -0.317. The molecule has 0 saturated carbocycles. The molecule has 2 aliphatic rings. The molecule has 0 spiro atoms. The molecule has 1 aromatic rings. The Kier molecular flexibility index (Phi) is 5.06. The molecule has 126 valence electrons. The number of amides is 1. The van der Waals surface area contributed by atoms with Gasteiger partial charge in [0.1, 0.15) is 5.75 Å². The van der Waals surface area contributed by atoms with Crippen LogP contribution in [0.1, 0.15) is 23.2 Å². The van der Waals surface area contributed by atoms with Gasteiger partial charge in [0, 0.05) is 36.8 Å². The van der Waals surface area contributed by atoms with Gasteiger partial charge in [-0.25, -0.2) is 0 Å². The average molecular weight is 341 g/mol. The van der Waals surface area contributed by atoms with Gasteiger partial charge in [-0.15, -0.1) is 0 Å². The highest BCUT2D eigenvalue weighted by molar-refractivity contribution is 6.31. The molecule has 1 aromatic carbocycles. The number of nitrogens with one attached hydrogen (secondary N) is 1. The largest absolute Gasteiger partial charge is 0.507 e. The van der Waals surface area contributed by atoms with Crippen molar-refractivity contribution in [3.05, 3.63) is 28.8 Å². The molecule has 0 aliphatic carbocycles. The molecule has 2 saturated heterocycles. The fourth-order valence-corrected chi connectivity index (χ4v) is 3.49. The highest BCUT2D eigenvalue weighted by Crippen LogP contribution is 2.26. The number of halogens is 1. The third kappa shape index (κ3) is 3.77. The van der Waals surface area contributed by atoms with Crippen molar-refractivity contribution in [2.24, 2.45) is 0 Å². The van der Waals surface area contributed by atoms with Gasteiger partial charge in [-0.3, -0.25) is 9.69 Å². The van der Waals surface area contributed by atoms with E-state index in [1.54, 1.807) is 6.07 Å². The lowest BCUT2D eigenvalue weighted by atomic mass is 10.1. The molecule has 1 amide bonds. The van der Waals surface area contributed by atoms with Gasteiger partial charge in [0.15, 0.2) is 0 Å². The lowest BCUT2D eigenvalue weighted by molar-refractivity contribution is -0.0566. The van der Waals surface area contributed by atoms with E-state index in [0.717, 1.165) is 19.5 Å². The molecule has 7 heteroatoms. The number of carbonyl (C=O) groups is 1. The summed E-state index contributed by atoms with van der Waals surface area (Å²) in [5, 5.41) is 22.2. The second-order valence-electron chi connectivity index (χ2n) is 6.14. The number of phenolic OH excluding ortho intramolecular Hbond substituents is 1. The SMILES string of the molecule is O=C(N[C@@H]1C[C@H]2CO[C@@H](CCO)CN2C1)c1cc(Cl)ccc1O. The second-order valence-corrected chi connectivity index (χ2v) is 6.58. The van der Waals surface area contributed by atoms with Crippen LogP contribution in [0.15, 0.2) is 18.2 Å². The number of fused-ring (bicyclic) bond motifs is 1. The highest BCUT2D eigenvalue weighted by Gasteiger charge is 2.37. The third-order valence-corrected chi connectivity index (χ3v) is 4.71. The number of phenols is 1. The van der Waals surface area contributed by atoms with Crippen LogP contribution in [0.4, 0.5) is 0 Å². The van der Waals surface area contributed by atoms with Crippen molar-refractivity contribution in [3.8, 4) is 5.75 Å². The van der Waals surface area contributed by atoms with Crippen LogP contribution in [-0.2, 0) is 4.74 Å². The molecule has 2 heterocycles. The first-order valence-corrected chi connectivity index (χ1v) is 8.20. The third-order valence-electron chi connectivity index (χ3n) is 4.48. The van der Waals surface area contributed by atoms with E-state index < -0.39 is 0 Å². The molecule has 0 unspecified atom stereocenters. The van der Waals surface area contributed by atoms with Crippen LogP contribution in [0.2, 0.25) is 5.02 Å². The van der Waals surface area contributed by atoms with Crippen molar-refractivity contribution >= 4 is 17.5 Å². The predicted octanol–water partition coefficient (Wildman–Crippen LogP) is 1.000. The maximum absolute atomic E-state index is 12.3. The van der Waals surface area contributed by atoms with Crippen LogP contribution in [0.3, 0.4) is 0 Å². The molecular formula is C16H21ClN2O4. The Morgan fingerprint density at radius 1 is 1.43 bits per heavy atom. The number of aliphatic hydroxyl groups is 1. The van der Waals surface area contributed by atoms with Gasteiger partial charge >= 0.3 is 0 Å². The summed E-state index contributed by atoms with van der Waals surface area (Å²) in [5.74, 6) is -0.392. The van der Waals surface area contributed by atoms with Gasteiger partial charge < -0.3 is 20.3 Å². The Hall–Kier alpha value is -1.34. The molecule has 23 heavy (non-hydrogen) atoms. The number of hydrogen-bond donors (Lipinski definition) is 3. The normalized spacial score (nSPS) is 27.7. The van der Waals surface area contributed by atoms with Crippen molar-refractivity contribution in [2.45, 2.75) is 31.0 Å². The minimum absolute atomic E-state index is 0.0161. The molecule has 0 bridgehead atoms.